The van der Waals surface area contributed by atoms with Crippen LogP contribution in [0.2, 0.25) is 5.02 Å². The monoisotopic (exact) mass is 461 g/mol. The van der Waals surface area contributed by atoms with Crippen molar-refractivity contribution < 1.29 is 14.7 Å². The molecule has 168 valence electrons. The molecule has 0 fully saturated rings. The third-order valence-electron chi connectivity index (χ3n) is 5.59. The number of carbonyl (C=O) groups is 2. The van der Waals surface area contributed by atoms with Gasteiger partial charge in [0, 0.05) is 29.7 Å². The molecule has 0 saturated carbocycles. The standard InChI is InChI=1S/C26H24ClN3O3/c1-28-25(32)18-6-4-5-16(11-18)17-9-10-23(27)22(13-17)26(33)30-20(15-31)12-19-14-29-24-8-3-2-7-21(19)24/h2-11,13-14,20,29,31H,12,15H2,1H3,(H,28,32)(H,30,33)/t20-/m1/s1. The van der Waals surface area contributed by atoms with Gasteiger partial charge in [-0.05, 0) is 53.4 Å². The summed E-state index contributed by atoms with van der Waals surface area (Å²) >= 11 is 6.34. The second-order valence-electron chi connectivity index (χ2n) is 7.77. The molecule has 4 rings (SSSR count). The Bertz CT molecular complexity index is 1320. The van der Waals surface area contributed by atoms with Gasteiger partial charge >= 0.3 is 0 Å². The second-order valence-corrected chi connectivity index (χ2v) is 8.18. The number of fused-ring (bicyclic) bond motifs is 1. The van der Waals surface area contributed by atoms with Crippen LogP contribution in [0, 0.1) is 0 Å². The second kappa shape index (κ2) is 9.90. The highest BCUT2D eigenvalue weighted by Crippen LogP contribution is 2.26. The molecule has 6 nitrogen and oxygen atoms in total. The Morgan fingerprint density at radius 1 is 1.00 bits per heavy atom. The molecule has 7 heteroatoms. The maximum absolute atomic E-state index is 13.1. The summed E-state index contributed by atoms with van der Waals surface area (Å²) in [6.07, 6.45) is 2.37. The van der Waals surface area contributed by atoms with E-state index >= 15 is 0 Å². The number of para-hydroxylation sites is 1. The van der Waals surface area contributed by atoms with Gasteiger partial charge in [-0.25, -0.2) is 0 Å². The highest BCUT2D eigenvalue weighted by Gasteiger charge is 2.18. The molecular weight excluding hydrogens is 438 g/mol. The minimum Gasteiger partial charge on any atom is -0.394 e. The topological polar surface area (TPSA) is 94.2 Å². The van der Waals surface area contributed by atoms with Crippen LogP contribution in [0.4, 0.5) is 0 Å². The Morgan fingerprint density at radius 2 is 1.79 bits per heavy atom. The van der Waals surface area contributed by atoms with E-state index in [-0.39, 0.29) is 18.4 Å². The fourth-order valence-electron chi connectivity index (χ4n) is 3.85. The van der Waals surface area contributed by atoms with Crippen molar-refractivity contribution in [3.05, 3.63) is 94.6 Å². The number of rotatable bonds is 7. The van der Waals surface area contributed by atoms with Crippen molar-refractivity contribution in [3.63, 3.8) is 0 Å². The smallest absolute Gasteiger partial charge is 0.253 e. The van der Waals surface area contributed by atoms with Gasteiger partial charge in [-0.2, -0.15) is 0 Å². The Morgan fingerprint density at radius 3 is 2.58 bits per heavy atom. The van der Waals surface area contributed by atoms with Crippen molar-refractivity contribution >= 4 is 34.3 Å². The minimum atomic E-state index is -0.479. The maximum Gasteiger partial charge on any atom is 0.253 e. The van der Waals surface area contributed by atoms with E-state index in [0.29, 0.717) is 22.6 Å². The summed E-state index contributed by atoms with van der Waals surface area (Å²) < 4.78 is 0. The summed E-state index contributed by atoms with van der Waals surface area (Å²) in [4.78, 5) is 28.2. The summed E-state index contributed by atoms with van der Waals surface area (Å²) in [5, 5.41) is 16.8. The van der Waals surface area contributed by atoms with E-state index < -0.39 is 6.04 Å². The molecule has 0 aliphatic heterocycles. The van der Waals surface area contributed by atoms with Crippen LogP contribution in [-0.4, -0.2) is 41.6 Å². The Hall–Kier alpha value is -3.61. The highest BCUT2D eigenvalue weighted by molar-refractivity contribution is 6.34. The average Bonchev–Trinajstić information content (AvgIpc) is 3.26. The number of halogens is 1. The van der Waals surface area contributed by atoms with Crippen molar-refractivity contribution in [3.8, 4) is 11.1 Å². The normalized spacial score (nSPS) is 11.8. The van der Waals surface area contributed by atoms with Gasteiger partial charge in [0.1, 0.15) is 0 Å². The van der Waals surface area contributed by atoms with E-state index in [4.69, 9.17) is 11.6 Å². The van der Waals surface area contributed by atoms with Gasteiger partial charge in [0.15, 0.2) is 0 Å². The predicted molar refractivity (Wildman–Crippen MR) is 131 cm³/mol. The zero-order chi connectivity index (χ0) is 23.4. The summed E-state index contributed by atoms with van der Waals surface area (Å²) in [6.45, 7) is -0.212. The number of hydrogen-bond acceptors (Lipinski definition) is 3. The number of hydrogen-bond donors (Lipinski definition) is 4. The number of amides is 2. The van der Waals surface area contributed by atoms with E-state index in [1.165, 1.54) is 0 Å². The molecule has 4 aromatic rings. The number of H-pyrrole nitrogens is 1. The van der Waals surface area contributed by atoms with Crippen LogP contribution in [0.25, 0.3) is 22.0 Å². The van der Waals surface area contributed by atoms with Gasteiger partial charge in [0.05, 0.1) is 23.2 Å². The predicted octanol–water partition coefficient (Wildman–Crippen LogP) is 4.18. The molecule has 2 amide bonds. The molecule has 0 aliphatic carbocycles. The molecule has 0 radical (unpaired) electrons. The summed E-state index contributed by atoms with van der Waals surface area (Å²) in [6, 6.07) is 19.7. The van der Waals surface area contributed by atoms with Gasteiger partial charge in [-0.15, -0.1) is 0 Å². The van der Waals surface area contributed by atoms with Crippen LogP contribution in [0.3, 0.4) is 0 Å². The third kappa shape index (κ3) is 4.92. The summed E-state index contributed by atoms with van der Waals surface area (Å²) in [7, 11) is 1.58. The van der Waals surface area contributed by atoms with Crippen molar-refractivity contribution in [2.45, 2.75) is 12.5 Å². The fourth-order valence-corrected chi connectivity index (χ4v) is 4.06. The number of aromatic amines is 1. The van der Waals surface area contributed by atoms with Crippen LogP contribution in [-0.2, 0) is 6.42 Å². The van der Waals surface area contributed by atoms with Crippen LogP contribution in [0.1, 0.15) is 26.3 Å². The molecule has 0 unspecified atom stereocenters. The van der Waals surface area contributed by atoms with Gasteiger partial charge < -0.3 is 20.7 Å². The molecule has 3 aromatic carbocycles. The molecule has 1 atom stereocenters. The lowest BCUT2D eigenvalue weighted by atomic mass is 10.00. The van der Waals surface area contributed by atoms with Crippen molar-refractivity contribution in [2.24, 2.45) is 0 Å². The largest absolute Gasteiger partial charge is 0.394 e. The first kappa shape index (κ1) is 22.6. The van der Waals surface area contributed by atoms with Gasteiger partial charge in [0.25, 0.3) is 11.8 Å². The number of aromatic nitrogens is 1. The highest BCUT2D eigenvalue weighted by atomic mass is 35.5. The zero-order valence-corrected chi connectivity index (χ0v) is 18.8. The van der Waals surface area contributed by atoms with E-state index in [1.807, 2.05) is 36.5 Å². The molecule has 0 bridgehead atoms. The van der Waals surface area contributed by atoms with Crippen LogP contribution in [0.15, 0.2) is 72.9 Å². The maximum atomic E-state index is 13.1. The molecule has 33 heavy (non-hydrogen) atoms. The number of benzene rings is 3. The molecule has 1 aromatic heterocycles. The van der Waals surface area contributed by atoms with Crippen LogP contribution < -0.4 is 10.6 Å². The van der Waals surface area contributed by atoms with Crippen LogP contribution >= 0.6 is 11.6 Å². The lowest BCUT2D eigenvalue weighted by Gasteiger charge is -2.17. The van der Waals surface area contributed by atoms with Crippen molar-refractivity contribution in [1.82, 2.24) is 15.6 Å². The Balaban J connectivity index is 1.56. The summed E-state index contributed by atoms with van der Waals surface area (Å²) in [5.41, 5.74) is 4.39. The third-order valence-corrected chi connectivity index (χ3v) is 5.92. The Kier molecular flexibility index (Phi) is 6.77. The minimum absolute atomic E-state index is 0.188. The lowest BCUT2D eigenvalue weighted by molar-refractivity contribution is 0.0915. The van der Waals surface area contributed by atoms with Gasteiger partial charge in [-0.3, -0.25) is 9.59 Å². The Labute approximate surface area is 196 Å². The van der Waals surface area contributed by atoms with E-state index in [0.717, 1.165) is 27.6 Å². The first-order valence-corrected chi connectivity index (χ1v) is 11.0. The number of nitrogens with one attached hydrogen (secondary N) is 3. The SMILES string of the molecule is CNC(=O)c1cccc(-c2ccc(Cl)c(C(=O)N[C@@H](CO)Cc3c[nH]c4ccccc34)c2)c1. The van der Waals surface area contributed by atoms with Crippen LogP contribution in [0.5, 0.6) is 0 Å². The lowest BCUT2D eigenvalue weighted by Crippen LogP contribution is -2.39. The van der Waals surface area contributed by atoms with E-state index in [2.05, 4.69) is 15.6 Å². The van der Waals surface area contributed by atoms with E-state index in [1.54, 1.807) is 43.4 Å². The first-order chi connectivity index (χ1) is 16.0. The molecule has 0 saturated heterocycles. The fraction of sp³-hybridized carbons (Fsp3) is 0.154. The average molecular weight is 462 g/mol. The van der Waals surface area contributed by atoms with Crippen molar-refractivity contribution in [1.29, 1.82) is 0 Å². The number of aliphatic hydroxyl groups is 1. The number of aliphatic hydroxyl groups excluding tert-OH is 1. The quantitative estimate of drug-likeness (QED) is 0.332. The van der Waals surface area contributed by atoms with Gasteiger partial charge in [-0.1, -0.05) is 48.0 Å². The first-order valence-electron chi connectivity index (χ1n) is 10.6. The molecule has 1 heterocycles. The zero-order valence-electron chi connectivity index (χ0n) is 18.1. The summed E-state index contributed by atoms with van der Waals surface area (Å²) in [5.74, 6) is -0.560. The molecule has 0 spiro atoms. The van der Waals surface area contributed by atoms with Crippen molar-refractivity contribution in [2.75, 3.05) is 13.7 Å². The van der Waals surface area contributed by atoms with E-state index in [9.17, 15) is 14.7 Å². The molecule has 4 N–H and O–H groups in total. The number of carbonyl (C=O) groups excluding carboxylic acids is 2. The molecule has 0 aliphatic rings. The van der Waals surface area contributed by atoms with Gasteiger partial charge in [0.2, 0.25) is 0 Å². The molecular formula is C26H24ClN3O3.